The second-order valence-corrected chi connectivity index (χ2v) is 5.57. The number of hydrogen-bond donors (Lipinski definition) is 2. The molecule has 25 heavy (non-hydrogen) atoms. The highest BCUT2D eigenvalue weighted by atomic mass is 19.4. The smallest absolute Gasteiger partial charge is 0.381 e. The van der Waals surface area contributed by atoms with Gasteiger partial charge in [0.05, 0.1) is 18.8 Å². The summed E-state index contributed by atoms with van der Waals surface area (Å²) in [6.45, 7) is -0.0725. The number of aliphatic hydroxyl groups excluding tert-OH is 1. The number of fused-ring (bicyclic) bond motifs is 1. The van der Waals surface area contributed by atoms with E-state index < -0.39 is 30.3 Å². The average Bonchev–Trinajstić information content (AvgIpc) is 3.10. The van der Waals surface area contributed by atoms with Crippen LogP contribution in [-0.2, 0) is 11.3 Å². The standard InChI is InChI=1S/C14H14F3N5O3/c1-2-5-21-7-6-19-12(18)20-11(7)22(13(21)24)9-4-3-8(25-9)10(23)14(15,16)17/h1,6,8-10,23H,3-5H2,(H2,18,19,20)/t8-,9+,10+/m0/s1. The zero-order chi connectivity index (χ0) is 18.4. The van der Waals surface area contributed by atoms with Crippen LogP contribution in [0, 0.1) is 12.3 Å². The van der Waals surface area contributed by atoms with Gasteiger partial charge in [-0.15, -0.1) is 6.42 Å². The van der Waals surface area contributed by atoms with Crippen LogP contribution in [0.4, 0.5) is 19.1 Å². The number of aromatic nitrogens is 4. The van der Waals surface area contributed by atoms with Gasteiger partial charge in [0.1, 0.15) is 11.7 Å². The lowest BCUT2D eigenvalue weighted by molar-refractivity contribution is -0.237. The molecule has 0 radical (unpaired) electrons. The highest BCUT2D eigenvalue weighted by molar-refractivity contribution is 5.72. The largest absolute Gasteiger partial charge is 0.416 e. The van der Waals surface area contributed by atoms with Crippen molar-refractivity contribution >= 4 is 17.1 Å². The topological polar surface area (TPSA) is 108 Å². The Morgan fingerprint density at radius 2 is 2.24 bits per heavy atom. The molecule has 3 N–H and O–H groups in total. The summed E-state index contributed by atoms with van der Waals surface area (Å²) in [5, 5.41) is 9.35. The van der Waals surface area contributed by atoms with E-state index in [1.165, 1.54) is 10.8 Å². The Kier molecular flexibility index (Phi) is 4.18. The number of hydrogen-bond acceptors (Lipinski definition) is 6. The van der Waals surface area contributed by atoms with Crippen LogP contribution in [0.5, 0.6) is 0 Å². The van der Waals surface area contributed by atoms with E-state index in [2.05, 4.69) is 15.9 Å². The Morgan fingerprint density at radius 3 is 2.88 bits per heavy atom. The molecular weight excluding hydrogens is 343 g/mol. The summed E-state index contributed by atoms with van der Waals surface area (Å²) in [7, 11) is 0. The molecule has 0 aliphatic carbocycles. The Labute approximate surface area is 139 Å². The van der Waals surface area contributed by atoms with Crippen molar-refractivity contribution in [3.63, 3.8) is 0 Å². The van der Waals surface area contributed by atoms with Crippen LogP contribution < -0.4 is 11.4 Å². The number of alkyl halides is 3. The van der Waals surface area contributed by atoms with E-state index in [1.54, 1.807) is 0 Å². The number of halogens is 3. The fraction of sp³-hybridized carbons (Fsp3) is 0.500. The minimum absolute atomic E-state index is 0.0693. The van der Waals surface area contributed by atoms with Gasteiger partial charge in [0.15, 0.2) is 11.8 Å². The fourth-order valence-corrected chi connectivity index (χ4v) is 2.85. The lowest BCUT2D eigenvalue weighted by atomic mass is 10.1. The summed E-state index contributed by atoms with van der Waals surface area (Å²) in [5.74, 6) is 2.21. The average molecular weight is 357 g/mol. The van der Waals surface area contributed by atoms with Gasteiger partial charge in [-0.05, 0) is 12.8 Å². The third-order valence-corrected chi connectivity index (χ3v) is 3.98. The zero-order valence-electron chi connectivity index (χ0n) is 12.8. The van der Waals surface area contributed by atoms with E-state index in [0.717, 1.165) is 4.57 Å². The van der Waals surface area contributed by atoms with Crippen LogP contribution in [0.1, 0.15) is 19.1 Å². The molecule has 1 saturated heterocycles. The molecule has 0 bridgehead atoms. The van der Waals surface area contributed by atoms with Gasteiger partial charge < -0.3 is 15.6 Å². The molecule has 0 aromatic carbocycles. The van der Waals surface area contributed by atoms with E-state index in [0.29, 0.717) is 5.52 Å². The molecule has 1 fully saturated rings. The van der Waals surface area contributed by atoms with Gasteiger partial charge in [0, 0.05) is 0 Å². The molecule has 1 aliphatic rings. The Morgan fingerprint density at radius 1 is 1.52 bits per heavy atom. The predicted molar refractivity (Wildman–Crippen MR) is 80.2 cm³/mol. The van der Waals surface area contributed by atoms with Gasteiger partial charge in [-0.1, -0.05) is 5.92 Å². The molecule has 8 nitrogen and oxygen atoms in total. The van der Waals surface area contributed by atoms with Crippen molar-refractivity contribution in [2.45, 2.75) is 44.0 Å². The summed E-state index contributed by atoms with van der Waals surface area (Å²) in [6.07, 6.45) is -3.35. The van der Waals surface area contributed by atoms with Crippen molar-refractivity contribution in [1.29, 1.82) is 0 Å². The lowest BCUT2D eigenvalue weighted by Gasteiger charge is -2.21. The first-order valence-corrected chi connectivity index (χ1v) is 7.31. The third kappa shape index (κ3) is 2.94. The number of ether oxygens (including phenoxy) is 1. The van der Waals surface area contributed by atoms with Gasteiger partial charge in [0.2, 0.25) is 5.95 Å². The second-order valence-electron chi connectivity index (χ2n) is 5.57. The summed E-state index contributed by atoms with van der Waals surface area (Å²) < 4.78 is 45.5. The fourth-order valence-electron chi connectivity index (χ4n) is 2.85. The zero-order valence-corrected chi connectivity index (χ0v) is 12.8. The van der Waals surface area contributed by atoms with E-state index >= 15 is 0 Å². The molecule has 2 aromatic rings. The second kappa shape index (κ2) is 6.05. The van der Waals surface area contributed by atoms with Crippen molar-refractivity contribution in [2.75, 3.05) is 5.73 Å². The molecular formula is C14H14F3N5O3. The third-order valence-electron chi connectivity index (χ3n) is 3.98. The molecule has 3 rings (SSSR count). The number of rotatable bonds is 3. The van der Waals surface area contributed by atoms with Crippen LogP contribution in [-0.4, -0.2) is 42.6 Å². The highest BCUT2D eigenvalue weighted by Crippen LogP contribution is 2.35. The summed E-state index contributed by atoms with van der Waals surface area (Å²) in [5.41, 5.74) is 5.35. The van der Waals surface area contributed by atoms with Gasteiger partial charge >= 0.3 is 11.9 Å². The molecule has 0 saturated carbocycles. The SMILES string of the molecule is C#CCn1c(=O)n([C@H]2CC[C@@H]([C@@H](O)C(F)(F)F)O2)c2nc(N)ncc21. The van der Waals surface area contributed by atoms with Crippen LogP contribution in [0.2, 0.25) is 0 Å². The van der Waals surface area contributed by atoms with Crippen molar-refractivity contribution in [3.05, 3.63) is 16.7 Å². The minimum Gasteiger partial charge on any atom is -0.381 e. The monoisotopic (exact) mass is 357 g/mol. The lowest BCUT2D eigenvalue weighted by Crippen LogP contribution is -2.39. The number of nitrogens with zero attached hydrogens (tertiary/aromatic N) is 4. The van der Waals surface area contributed by atoms with Crippen LogP contribution in [0.25, 0.3) is 11.2 Å². The maximum absolute atomic E-state index is 12.7. The van der Waals surface area contributed by atoms with Crippen molar-refractivity contribution in [3.8, 4) is 12.3 Å². The predicted octanol–water partition coefficient (Wildman–Crippen LogP) is 0.409. The normalized spacial score (nSPS) is 22.2. The van der Waals surface area contributed by atoms with Gasteiger partial charge in [-0.2, -0.15) is 18.2 Å². The highest BCUT2D eigenvalue weighted by Gasteiger charge is 2.47. The maximum Gasteiger partial charge on any atom is 0.416 e. The molecule has 134 valence electrons. The van der Waals surface area contributed by atoms with Crippen molar-refractivity contribution in [1.82, 2.24) is 19.1 Å². The number of terminal acetylenes is 1. The Hall–Kier alpha value is -2.58. The number of nitrogens with two attached hydrogens (primary N) is 1. The van der Waals surface area contributed by atoms with Gasteiger partial charge in [-0.25, -0.2) is 14.3 Å². The Bertz CT molecular complexity index is 898. The van der Waals surface area contributed by atoms with Gasteiger partial charge in [0.25, 0.3) is 0 Å². The first-order chi connectivity index (χ1) is 11.7. The first-order valence-electron chi connectivity index (χ1n) is 7.31. The molecule has 2 aromatic heterocycles. The summed E-state index contributed by atoms with van der Waals surface area (Å²) in [4.78, 5) is 20.4. The molecule has 0 amide bonds. The number of anilines is 1. The van der Waals surface area contributed by atoms with E-state index in [9.17, 15) is 23.1 Å². The number of aliphatic hydroxyl groups is 1. The van der Waals surface area contributed by atoms with Crippen LogP contribution in [0.3, 0.4) is 0 Å². The molecule has 0 spiro atoms. The summed E-state index contributed by atoms with van der Waals surface area (Å²) >= 11 is 0. The van der Waals surface area contributed by atoms with Gasteiger partial charge in [-0.3, -0.25) is 4.57 Å². The summed E-state index contributed by atoms with van der Waals surface area (Å²) in [6, 6.07) is 0. The van der Waals surface area contributed by atoms with Crippen LogP contribution >= 0.6 is 0 Å². The molecule has 3 atom stereocenters. The van der Waals surface area contributed by atoms with Crippen molar-refractivity contribution in [2.24, 2.45) is 0 Å². The van der Waals surface area contributed by atoms with E-state index in [1.807, 2.05) is 0 Å². The minimum atomic E-state index is -4.81. The number of imidazole rings is 1. The van der Waals surface area contributed by atoms with Crippen LogP contribution in [0.15, 0.2) is 11.0 Å². The molecule has 0 unspecified atom stereocenters. The molecule has 1 aliphatic heterocycles. The molecule has 11 heteroatoms. The van der Waals surface area contributed by atoms with E-state index in [4.69, 9.17) is 16.9 Å². The maximum atomic E-state index is 12.7. The quantitative estimate of drug-likeness (QED) is 0.771. The Balaban J connectivity index is 2.02. The van der Waals surface area contributed by atoms with Crippen molar-refractivity contribution < 1.29 is 23.0 Å². The van der Waals surface area contributed by atoms with E-state index in [-0.39, 0.29) is 31.0 Å². The number of nitrogen functional groups attached to an aromatic ring is 1. The molecule has 3 heterocycles. The first kappa shape index (κ1) is 17.2.